The minimum atomic E-state index is -0.972. The highest BCUT2D eigenvalue weighted by Gasteiger charge is 2.71. The Morgan fingerprint density at radius 1 is 0.976 bits per heavy atom. The van der Waals surface area contributed by atoms with Crippen LogP contribution in [0, 0.1) is 40.4 Å². The topological polar surface area (TPSA) is 89.9 Å². The Labute approximate surface area is 246 Å². The number of carbonyl (C=O) groups excluding carboxylic acids is 3. The molecule has 0 unspecified atom stereocenters. The minimum absolute atomic E-state index is 0.0270. The lowest BCUT2D eigenvalue weighted by molar-refractivity contribution is -0.862. The van der Waals surface area contributed by atoms with Gasteiger partial charge in [0.1, 0.15) is 19.3 Å². The fraction of sp³-hybridized carbons (Fsp3) is 0.848. The molecule has 41 heavy (non-hydrogen) atoms. The molecule has 0 aromatic heterocycles. The van der Waals surface area contributed by atoms with Crippen molar-refractivity contribution in [2.24, 2.45) is 40.4 Å². The average Bonchev–Trinajstić information content (AvgIpc) is 3.34. The molecule has 4 aliphatic carbocycles. The summed E-state index contributed by atoms with van der Waals surface area (Å²) in [6, 6.07) is 0. The Morgan fingerprint density at radius 2 is 1.66 bits per heavy atom. The van der Waals surface area contributed by atoms with Crippen LogP contribution in [0.1, 0.15) is 65.2 Å². The molecular weight excluding hydrogens is 520 g/mol. The van der Waals surface area contributed by atoms with Crippen molar-refractivity contribution in [1.82, 2.24) is 0 Å². The Bertz CT molecular complexity index is 1120. The number of hydrogen-bond donors (Lipinski definition) is 1. The van der Waals surface area contributed by atoms with E-state index >= 15 is 0 Å². The molecule has 4 fully saturated rings. The van der Waals surface area contributed by atoms with Gasteiger partial charge in [-0.15, -0.1) is 0 Å². The Morgan fingerprint density at radius 3 is 2.27 bits per heavy atom. The van der Waals surface area contributed by atoms with Crippen LogP contribution >= 0.6 is 0 Å². The van der Waals surface area contributed by atoms with Crippen LogP contribution < -0.4 is 0 Å². The number of aliphatic hydroxyl groups is 1. The second-order valence-electron chi connectivity index (χ2n) is 16.7. The van der Waals surface area contributed by atoms with E-state index in [1.54, 1.807) is 6.08 Å². The van der Waals surface area contributed by atoms with Crippen LogP contribution in [0.15, 0.2) is 11.6 Å². The standard InChI is InChI=1S/C33H54N2O6/c1-31-13-11-23(41-29(38)19-35(6,7)8)16-22(31)9-10-26-25(31)12-14-32(2)30(21-15-28(37)40-20-21)24(17-33(26,32)39)27(36)18-34(3,4)5/h15,22-26,30,39H,9-14,16-20H2,1-8H3/q+2/t22-,23-,24-,25+,26-,30+,31+,32-,33-/m1/s1. The van der Waals surface area contributed by atoms with Crippen LogP contribution in [0.4, 0.5) is 0 Å². The van der Waals surface area contributed by atoms with Gasteiger partial charge in [0.2, 0.25) is 0 Å². The SMILES string of the molecule is C[C@]12CC[C@@H](OC(=O)C[N+](C)(C)C)C[C@H]1CC[C@@H]1[C@@H]2CC[C@]2(C)[C@@H](C3=CC(=O)OC3)[C@@H](C(=O)C[N+](C)(C)C)C[C@@]12O. The minimum Gasteiger partial charge on any atom is -0.458 e. The molecule has 1 aliphatic heterocycles. The number of Topliss-reactive ketones (excluding diaryl/α,β-unsaturated/α-hetero) is 1. The van der Waals surface area contributed by atoms with Gasteiger partial charge in [-0.2, -0.15) is 0 Å². The van der Waals surface area contributed by atoms with Gasteiger partial charge in [0.25, 0.3) is 0 Å². The van der Waals surface area contributed by atoms with Crippen LogP contribution in [-0.2, 0) is 23.9 Å². The largest absolute Gasteiger partial charge is 0.458 e. The van der Waals surface area contributed by atoms with Crippen LogP contribution in [-0.4, -0.2) is 105 Å². The lowest BCUT2D eigenvalue weighted by Gasteiger charge is -2.63. The van der Waals surface area contributed by atoms with Crippen molar-refractivity contribution >= 4 is 17.7 Å². The molecule has 8 heteroatoms. The maximum atomic E-state index is 13.9. The van der Waals surface area contributed by atoms with Gasteiger partial charge >= 0.3 is 11.9 Å². The summed E-state index contributed by atoms with van der Waals surface area (Å²) in [5.41, 5.74) is -0.488. The number of rotatable bonds is 7. The second kappa shape index (κ2) is 10.2. The zero-order chi connectivity index (χ0) is 30.2. The number of hydrogen-bond acceptors (Lipinski definition) is 6. The van der Waals surface area contributed by atoms with E-state index in [0.29, 0.717) is 40.3 Å². The number of ether oxygens (including phenoxy) is 2. The number of quaternary nitrogens is 2. The van der Waals surface area contributed by atoms with Gasteiger partial charge in [-0.25, -0.2) is 9.59 Å². The van der Waals surface area contributed by atoms with Crippen LogP contribution in [0.5, 0.6) is 0 Å². The third-order valence-electron chi connectivity index (χ3n) is 11.9. The summed E-state index contributed by atoms with van der Waals surface area (Å²) in [5.74, 6) is 0.173. The molecule has 0 amide bonds. The van der Waals surface area contributed by atoms with Crippen LogP contribution in [0.25, 0.3) is 0 Å². The molecule has 8 nitrogen and oxygen atoms in total. The van der Waals surface area contributed by atoms with Crippen molar-refractivity contribution in [3.8, 4) is 0 Å². The molecular formula is C33H54N2O6+2. The number of carbonyl (C=O) groups is 3. The molecule has 1 N–H and O–H groups in total. The van der Waals surface area contributed by atoms with Crippen molar-refractivity contribution in [3.63, 3.8) is 0 Å². The highest BCUT2D eigenvalue weighted by Crippen LogP contribution is 2.71. The molecule has 1 heterocycles. The Kier molecular flexibility index (Phi) is 7.60. The van der Waals surface area contributed by atoms with Gasteiger partial charge in [-0.1, -0.05) is 13.8 Å². The smallest absolute Gasteiger partial charge is 0.362 e. The highest BCUT2D eigenvalue weighted by molar-refractivity contribution is 5.87. The molecule has 0 bridgehead atoms. The first-order chi connectivity index (χ1) is 18.9. The highest BCUT2D eigenvalue weighted by atomic mass is 16.5. The van der Waals surface area contributed by atoms with Crippen molar-refractivity contribution in [2.45, 2.75) is 76.9 Å². The normalized spacial score (nSPS) is 42.5. The summed E-state index contributed by atoms with van der Waals surface area (Å²) in [4.78, 5) is 38.6. The van der Waals surface area contributed by atoms with Crippen LogP contribution in [0.3, 0.4) is 0 Å². The van der Waals surface area contributed by atoms with Crippen LogP contribution in [0.2, 0.25) is 0 Å². The third-order valence-corrected chi connectivity index (χ3v) is 11.9. The van der Waals surface area contributed by atoms with Gasteiger partial charge in [-0.05, 0) is 80.1 Å². The van der Waals surface area contributed by atoms with E-state index < -0.39 is 11.0 Å². The van der Waals surface area contributed by atoms with Gasteiger partial charge < -0.3 is 23.5 Å². The predicted molar refractivity (Wildman–Crippen MR) is 155 cm³/mol. The zero-order valence-corrected chi connectivity index (χ0v) is 26.7. The molecule has 4 saturated carbocycles. The monoisotopic (exact) mass is 574 g/mol. The zero-order valence-electron chi connectivity index (χ0n) is 26.7. The van der Waals surface area contributed by atoms with E-state index in [1.807, 2.05) is 42.3 Å². The quantitative estimate of drug-likeness (QED) is 0.371. The molecule has 5 rings (SSSR count). The number of fused-ring (bicyclic) bond motifs is 5. The summed E-state index contributed by atoms with van der Waals surface area (Å²) in [7, 11) is 12.1. The number of likely N-dealkylation sites (N-methyl/N-ethyl adjacent to an activating group) is 2. The molecule has 0 saturated heterocycles. The van der Waals surface area contributed by atoms with Gasteiger partial charge in [0.15, 0.2) is 12.3 Å². The van der Waals surface area contributed by atoms with Gasteiger partial charge in [0.05, 0.1) is 47.9 Å². The maximum absolute atomic E-state index is 13.9. The molecule has 5 aliphatic rings. The van der Waals surface area contributed by atoms with Crippen molar-refractivity contribution < 1.29 is 37.9 Å². The lowest BCUT2D eigenvalue weighted by Crippen LogP contribution is -2.62. The molecule has 0 aromatic carbocycles. The first-order valence-corrected chi connectivity index (χ1v) is 15.8. The predicted octanol–water partition coefficient (Wildman–Crippen LogP) is 3.36. The van der Waals surface area contributed by atoms with Gasteiger partial charge in [0, 0.05) is 23.3 Å². The average molecular weight is 575 g/mol. The molecule has 230 valence electrons. The van der Waals surface area contributed by atoms with E-state index in [2.05, 4.69) is 13.8 Å². The Balaban J connectivity index is 1.40. The molecule has 0 spiro atoms. The molecule has 9 atom stereocenters. The Hall–Kier alpha value is -1.77. The van der Waals surface area contributed by atoms with Crippen molar-refractivity contribution in [1.29, 1.82) is 0 Å². The number of esters is 2. The summed E-state index contributed by atoms with van der Waals surface area (Å²) < 4.78 is 12.4. The summed E-state index contributed by atoms with van der Waals surface area (Å²) in [5, 5.41) is 12.9. The summed E-state index contributed by atoms with van der Waals surface area (Å²) in [6.45, 7) is 5.61. The summed E-state index contributed by atoms with van der Waals surface area (Å²) in [6.07, 6.45) is 8.57. The van der Waals surface area contributed by atoms with E-state index in [-0.39, 0.29) is 53.6 Å². The van der Waals surface area contributed by atoms with Crippen molar-refractivity contribution in [3.05, 3.63) is 11.6 Å². The third kappa shape index (κ3) is 5.42. The maximum Gasteiger partial charge on any atom is 0.362 e. The van der Waals surface area contributed by atoms with E-state index in [4.69, 9.17) is 9.47 Å². The fourth-order valence-electron chi connectivity index (χ4n) is 10.1. The summed E-state index contributed by atoms with van der Waals surface area (Å²) >= 11 is 0. The number of ketones is 1. The van der Waals surface area contributed by atoms with E-state index in [1.165, 1.54) is 0 Å². The van der Waals surface area contributed by atoms with E-state index in [9.17, 15) is 19.5 Å². The first kappa shape index (κ1) is 30.7. The fourth-order valence-corrected chi connectivity index (χ4v) is 10.1. The number of cyclic esters (lactones) is 1. The molecule has 0 radical (unpaired) electrons. The molecule has 0 aromatic rings. The lowest BCUT2D eigenvalue weighted by atomic mass is 9.43. The van der Waals surface area contributed by atoms with Gasteiger partial charge in [-0.3, -0.25) is 4.79 Å². The van der Waals surface area contributed by atoms with E-state index in [0.717, 1.165) is 50.5 Å². The first-order valence-electron chi connectivity index (χ1n) is 15.8. The number of nitrogens with zero attached hydrogens (tertiary/aromatic N) is 2. The second-order valence-corrected chi connectivity index (χ2v) is 16.7. The van der Waals surface area contributed by atoms with Crippen molar-refractivity contribution in [2.75, 3.05) is 62.0 Å².